The molecule has 0 unspecified atom stereocenters. The van der Waals surface area contributed by atoms with Crippen molar-refractivity contribution in [3.8, 4) is 0 Å². The van der Waals surface area contributed by atoms with Gasteiger partial charge >= 0.3 is 5.97 Å². The van der Waals surface area contributed by atoms with Crippen molar-refractivity contribution in [2.24, 2.45) is 0 Å². The number of halogens is 2. The van der Waals surface area contributed by atoms with Crippen molar-refractivity contribution in [1.82, 2.24) is 0 Å². The molecule has 1 aromatic carbocycles. The number of ether oxygens (including phenoxy) is 1. The molecule has 0 saturated heterocycles. The molecule has 0 saturated carbocycles. The van der Waals surface area contributed by atoms with Crippen LogP contribution in [0, 0.1) is 11.6 Å². The van der Waals surface area contributed by atoms with Crippen LogP contribution < -0.4 is 0 Å². The minimum Gasteiger partial charge on any atom is -0.426 e. The molecule has 2 nitrogen and oxygen atoms in total. The summed E-state index contributed by atoms with van der Waals surface area (Å²) in [5.74, 6) is -1.49. The fourth-order valence-corrected chi connectivity index (χ4v) is 1.85. The van der Waals surface area contributed by atoms with Crippen LogP contribution in [0.4, 0.5) is 8.78 Å². The fourth-order valence-electron chi connectivity index (χ4n) is 1.85. The van der Waals surface area contributed by atoms with Gasteiger partial charge in [-0.25, -0.2) is 8.78 Å². The Labute approximate surface area is 91.5 Å². The minimum atomic E-state index is -0.671. The standard InChI is InChI=1S/C12H10F2O2/c1-6-3-9-10(12(6)16-7(2)15)4-8(13)5-11(9)14/h4-5H,3H2,1-2H3. The minimum absolute atomic E-state index is 0.279. The van der Waals surface area contributed by atoms with Gasteiger partial charge in [-0.3, -0.25) is 4.79 Å². The summed E-state index contributed by atoms with van der Waals surface area (Å²) in [6, 6.07) is 2.02. The van der Waals surface area contributed by atoms with Gasteiger partial charge in [-0.2, -0.15) is 0 Å². The number of hydrogen-bond acceptors (Lipinski definition) is 2. The molecule has 0 heterocycles. The Morgan fingerprint density at radius 2 is 2.06 bits per heavy atom. The van der Waals surface area contributed by atoms with Gasteiger partial charge < -0.3 is 4.74 Å². The summed E-state index contributed by atoms with van der Waals surface area (Å²) in [6.45, 7) is 2.99. The zero-order valence-corrected chi connectivity index (χ0v) is 8.93. The van der Waals surface area contributed by atoms with Gasteiger partial charge in [0.05, 0.1) is 0 Å². The average Bonchev–Trinajstić information content (AvgIpc) is 2.45. The number of rotatable bonds is 1. The van der Waals surface area contributed by atoms with E-state index in [0.717, 1.165) is 11.6 Å². The van der Waals surface area contributed by atoms with Crippen molar-refractivity contribution < 1.29 is 18.3 Å². The second-order valence-electron chi connectivity index (χ2n) is 3.79. The van der Waals surface area contributed by atoms with Crippen LogP contribution >= 0.6 is 0 Å². The first kappa shape index (κ1) is 10.8. The Morgan fingerprint density at radius 3 is 2.69 bits per heavy atom. The lowest BCUT2D eigenvalue weighted by Gasteiger charge is -2.06. The van der Waals surface area contributed by atoms with Crippen LogP contribution in [0.2, 0.25) is 0 Å². The monoisotopic (exact) mass is 224 g/mol. The van der Waals surface area contributed by atoms with Gasteiger partial charge in [-0.05, 0) is 18.6 Å². The molecule has 0 atom stereocenters. The van der Waals surface area contributed by atoms with E-state index in [0.29, 0.717) is 17.5 Å². The van der Waals surface area contributed by atoms with Crippen LogP contribution in [-0.2, 0) is 16.0 Å². The number of esters is 1. The number of benzene rings is 1. The predicted molar refractivity (Wildman–Crippen MR) is 54.4 cm³/mol. The molecule has 0 aromatic heterocycles. The molecule has 0 amide bonds. The molecule has 84 valence electrons. The summed E-state index contributed by atoms with van der Waals surface area (Å²) in [4.78, 5) is 10.9. The maximum atomic E-state index is 13.4. The Bertz CT molecular complexity index is 504. The van der Waals surface area contributed by atoms with Gasteiger partial charge in [0.2, 0.25) is 0 Å². The van der Waals surface area contributed by atoms with Crippen molar-refractivity contribution in [1.29, 1.82) is 0 Å². The summed E-state index contributed by atoms with van der Waals surface area (Å²) in [5, 5.41) is 0. The van der Waals surface area contributed by atoms with E-state index in [1.54, 1.807) is 6.92 Å². The largest absolute Gasteiger partial charge is 0.426 e. The van der Waals surface area contributed by atoms with E-state index in [-0.39, 0.29) is 5.76 Å². The van der Waals surface area contributed by atoms with Crippen LogP contribution in [0.25, 0.3) is 5.76 Å². The van der Waals surface area contributed by atoms with Gasteiger partial charge in [-0.1, -0.05) is 0 Å². The quantitative estimate of drug-likeness (QED) is 0.685. The number of carbonyl (C=O) groups is 1. The highest BCUT2D eigenvalue weighted by Gasteiger charge is 2.25. The molecule has 1 aromatic rings. The molecule has 0 N–H and O–H groups in total. The van der Waals surface area contributed by atoms with Gasteiger partial charge in [0.1, 0.15) is 17.4 Å². The smallest absolute Gasteiger partial charge is 0.308 e. The van der Waals surface area contributed by atoms with Crippen LogP contribution in [0.5, 0.6) is 0 Å². The summed E-state index contributed by atoms with van der Waals surface area (Å²) in [6.07, 6.45) is 0.351. The summed E-state index contributed by atoms with van der Waals surface area (Å²) in [7, 11) is 0. The van der Waals surface area contributed by atoms with E-state index in [9.17, 15) is 13.6 Å². The van der Waals surface area contributed by atoms with E-state index in [2.05, 4.69) is 0 Å². The number of carbonyl (C=O) groups excluding carboxylic acids is 1. The van der Waals surface area contributed by atoms with Crippen LogP contribution in [0.1, 0.15) is 25.0 Å². The Morgan fingerprint density at radius 1 is 1.38 bits per heavy atom. The van der Waals surface area contributed by atoms with Gasteiger partial charge in [0, 0.05) is 30.5 Å². The lowest BCUT2D eigenvalue weighted by Crippen LogP contribution is -1.99. The molecular weight excluding hydrogens is 214 g/mol. The van der Waals surface area contributed by atoms with E-state index in [4.69, 9.17) is 4.74 Å². The molecule has 16 heavy (non-hydrogen) atoms. The Hall–Kier alpha value is -1.71. The molecule has 0 radical (unpaired) electrons. The highest BCUT2D eigenvalue weighted by molar-refractivity contribution is 5.81. The Kier molecular flexibility index (Phi) is 2.50. The van der Waals surface area contributed by atoms with Crippen molar-refractivity contribution in [3.05, 3.63) is 40.5 Å². The van der Waals surface area contributed by atoms with E-state index >= 15 is 0 Å². The molecular formula is C12H10F2O2. The van der Waals surface area contributed by atoms with Gasteiger partial charge in [-0.15, -0.1) is 0 Å². The van der Waals surface area contributed by atoms with Crippen molar-refractivity contribution in [2.45, 2.75) is 20.3 Å². The van der Waals surface area contributed by atoms with E-state index in [1.807, 2.05) is 0 Å². The highest BCUT2D eigenvalue weighted by atomic mass is 19.1. The average molecular weight is 224 g/mol. The number of allylic oxidation sites excluding steroid dienone is 1. The third-order valence-electron chi connectivity index (χ3n) is 2.48. The third-order valence-corrected chi connectivity index (χ3v) is 2.48. The molecule has 0 aliphatic heterocycles. The topological polar surface area (TPSA) is 26.3 Å². The number of hydrogen-bond donors (Lipinski definition) is 0. The maximum absolute atomic E-state index is 13.4. The zero-order chi connectivity index (χ0) is 11.9. The van der Waals surface area contributed by atoms with Gasteiger partial charge in [0.15, 0.2) is 0 Å². The number of fused-ring (bicyclic) bond motifs is 1. The summed E-state index contributed by atoms with van der Waals surface area (Å²) < 4.78 is 31.5. The van der Waals surface area contributed by atoms with Crippen LogP contribution in [0.3, 0.4) is 0 Å². The van der Waals surface area contributed by atoms with Crippen molar-refractivity contribution in [3.63, 3.8) is 0 Å². The lowest BCUT2D eigenvalue weighted by atomic mass is 10.1. The van der Waals surface area contributed by atoms with E-state index < -0.39 is 17.6 Å². The molecule has 0 bridgehead atoms. The lowest BCUT2D eigenvalue weighted by molar-refractivity contribution is -0.134. The summed E-state index contributed by atoms with van der Waals surface area (Å²) in [5.41, 5.74) is 1.45. The normalized spacial score (nSPS) is 14.0. The zero-order valence-electron chi connectivity index (χ0n) is 8.93. The first-order chi connectivity index (χ1) is 7.49. The first-order valence-corrected chi connectivity index (χ1v) is 4.85. The van der Waals surface area contributed by atoms with Crippen molar-refractivity contribution >= 4 is 11.7 Å². The molecule has 1 aliphatic rings. The van der Waals surface area contributed by atoms with Gasteiger partial charge in [0.25, 0.3) is 0 Å². The van der Waals surface area contributed by atoms with Crippen molar-refractivity contribution in [2.75, 3.05) is 0 Å². The molecule has 0 fully saturated rings. The third kappa shape index (κ3) is 1.71. The van der Waals surface area contributed by atoms with E-state index in [1.165, 1.54) is 13.0 Å². The fraction of sp³-hybridized carbons (Fsp3) is 0.250. The molecule has 0 spiro atoms. The summed E-state index contributed by atoms with van der Waals surface area (Å²) >= 11 is 0. The first-order valence-electron chi connectivity index (χ1n) is 4.85. The molecule has 2 rings (SSSR count). The highest BCUT2D eigenvalue weighted by Crippen LogP contribution is 2.35. The predicted octanol–water partition coefficient (Wildman–Crippen LogP) is 2.82. The second-order valence-corrected chi connectivity index (χ2v) is 3.79. The van der Waals surface area contributed by atoms with Crippen LogP contribution in [-0.4, -0.2) is 5.97 Å². The maximum Gasteiger partial charge on any atom is 0.308 e. The molecule has 4 heteroatoms. The molecule has 1 aliphatic carbocycles. The van der Waals surface area contributed by atoms with Crippen LogP contribution in [0.15, 0.2) is 17.7 Å². The Balaban J connectivity index is 2.52. The SMILES string of the molecule is CC(=O)OC1=C(C)Cc2c(F)cc(F)cc21. The second kappa shape index (κ2) is 3.70.